The first-order valence-corrected chi connectivity index (χ1v) is 8.30. The molecule has 0 aliphatic rings. The monoisotopic (exact) mass is 345 g/mol. The fourth-order valence-corrected chi connectivity index (χ4v) is 2.45. The number of benzene rings is 1. The summed E-state index contributed by atoms with van der Waals surface area (Å²) in [7, 11) is 5.04. The molecule has 0 aliphatic carbocycles. The van der Waals surface area contributed by atoms with Gasteiger partial charge in [-0.05, 0) is 24.1 Å². The van der Waals surface area contributed by atoms with Gasteiger partial charge in [0.05, 0.1) is 19.9 Å². The molecule has 6 nitrogen and oxygen atoms in total. The van der Waals surface area contributed by atoms with Gasteiger partial charge in [-0.2, -0.15) is 5.10 Å². The first kappa shape index (κ1) is 18.8. The molecule has 2 aromatic rings. The minimum absolute atomic E-state index is 0.0433. The molecule has 1 heterocycles. The van der Waals surface area contributed by atoms with E-state index in [2.05, 4.69) is 31.2 Å². The van der Waals surface area contributed by atoms with Crippen LogP contribution in [0.5, 0.6) is 11.5 Å². The van der Waals surface area contributed by atoms with Gasteiger partial charge in [-0.25, -0.2) is 0 Å². The zero-order valence-electron chi connectivity index (χ0n) is 15.8. The van der Waals surface area contributed by atoms with Gasteiger partial charge in [0.1, 0.15) is 5.82 Å². The maximum atomic E-state index is 12.3. The molecular weight excluding hydrogens is 318 g/mol. The van der Waals surface area contributed by atoms with Gasteiger partial charge in [0.25, 0.3) is 0 Å². The molecular formula is C19H27N3O3. The molecule has 0 bridgehead atoms. The molecule has 6 heteroatoms. The molecule has 1 amide bonds. The van der Waals surface area contributed by atoms with Gasteiger partial charge in [-0.15, -0.1) is 0 Å². The van der Waals surface area contributed by atoms with Crippen LogP contribution in [0.1, 0.15) is 38.4 Å². The lowest BCUT2D eigenvalue weighted by atomic mass is 9.92. The number of carbonyl (C=O) groups is 1. The SMILES string of the molecule is COc1ccc(CCC(=O)Nc2cc(C(C)(C)C)nn2C)cc1OC. The average Bonchev–Trinajstić information content (AvgIpc) is 2.93. The summed E-state index contributed by atoms with van der Waals surface area (Å²) in [5.74, 6) is 2.02. The normalized spacial score (nSPS) is 11.3. The van der Waals surface area contributed by atoms with Crippen LogP contribution >= 0.6 is 0 Å². The number of nitrogens with zero attached hydrogens (tertiary/aromatic N) is 2. The van der Waals surface area contributed by atoms with Crippen molar-refractivity contribution in [2.24, 2.45) is 7.05 Å². The number of anilines is 1. The van der Waals surface area contributed by atoms with E-state index in [1.807, 2.05) is 31.3 Å². The summed E-state index contributed by atoms with van der Waals surface area (Å²) in [5, 5.41) is 7.40. The van der Waals surface area contributed by atoms with Crippen molar-refractivity contribution in [1.82, 2.24) is 9.78 Å². The smallest absolute Gasteiger partial charge is 0.225 e. The van der Waals surface area contributed by atoms with E-state index in [0.29, 0.717) is 30.2 Å². The van der Waals surface area contributed by atoms with E-state index < -0.39 is 0 Å². The Hall–Kier alpha value is -2.50. The molecule has 1 N–H and O–H groups in total. The Labute approximate surface area is 149 Å². The van der Waals surface area contributed by atoms with Gasteiger partial charge in [-0.1, -0.05) is 26.8 Å². The zero-order valence-corrected chi connectivity index (χ0v) is 15.8. The predicted octanol–water partition coefficient (Wildman–Crippen LogP) is 3.31. The van der Waals surface area contributed by atoms with Gasteiger partial charge in [0.2, 0.25) is 5.91 Å². The number of rotatable bonds is 6. The Balaban J connectivity index is 1.98. The van der Waals surface area contributed by atoms with Crippen molar-refractivity contribution >= 4 is 11.7 Å². The highest BCUT2D eigenvalue weighted by Gasteiger charge is 2.19. The van der Waals surface area contributed by atoms with E-state index in [-0.39, 0.29) is 11.3 Å². The molecule has 0 spiro atoms. The van der Waals surface area contributed by atoms with E-state index in [0.717, 1.165) is 11.3 Å². The van der Waals surface area contributed by atoms with Crippen molar-refractivity contribution in [2.45, 2.75) is 39.0 Å². The average molecular weight is 345 g/mol. The Morgan fingerprint density at radius 3 is 2.40 bits per heavy atom. The molecule has 0 saturated carbocycles. The minimum atomic E-state index is -0.0552. The summed E-state index contributed by atoms with van der Waals surface area (Å²) in [6, 6.07) is 7.61. The second kappa shape index (κ2) is 7.59. The van der Waals surface area contributed by atoms with Crippen LogP contribution in [-0.4, -0.2) is 29.9 Å². The van der Waals surface area contributed by atoms with Crippen molar-refractivity contribution in [2.75, 3.05) is 19.5 Å². The number of hydrogen-bond donors (Lipinski definition) is 1. The highest BCUT2D eigenvalue weighted by atomic mass is 16.5. The quantitative estimate of drug-likeness (QED) is 0.872. The van der Waals surface area contributed by atoms with Gasteiger partial charge < -0.3 is 14.8 Å². The highest BCUT2D eigenvalue weighted by molar-refractivity contribution is 5.90. The summed E-state index contributed by atoms with van der Waals surface area (Å²) in [6.07, 6.45) is 1.00. The third-order valence-electron chi connectivity index (χ3n) is 4.00. The molecule has 2 rings (SSSR count). The first-order valence-electron chi connectivity index (χ1n) is 8.30. The number of amides is 1. The van der Waals surface area contributed by atoms with Gasteiger partial charge in [0.15, 0.2) is 11.5 Å². The van der Waals surface area contributed by atoms with Gasteiger partial charge in [-0.3, -0.25) is 9.48 Å². The Morgan fingerprint density at radius 1 is 1.16 bits per heavy atom. The van der Waals surface area contributed by atoms with Gasteiger partial charge >= 0.3 is 0 Å². The Kier molecular flexibility index (Phi) is 5.72. The van der Waals surface area contributed by atoms with E-state index >= 15 is 0 Å². The number of nitrogens with one attached hydrogen (secondary N) is 1. The molecule has 0 atom stereocenters. The lowest BCUT2D eigenvalue weighted by molar-refractivity contribution is -0.116. The number of hydrogen-bond acceptors (Lipinski definition) is 4. The number of ether oxygens (including phenoxy) is 2. The van der Waals surface area contributed by atoms with Crippen LogP contribution in [0.3, 0.4) is 0 Å². The third kappa shape index (κ3) is 4.75. The standard InChI is InChI=1S/C19H27N3O3/c1-19(2,3)16-12-17(22(4)21-16)20-18(23)10-8-13-7-9-14(24-5)15(11-13)25-6/h7,9,11-12H,8,10H2,1-6H3,(H,20,23). The zero-order chi connectivity index (χ0) is 18.6. The number of methoxy groups -OCH3 is 2. The van der Waals surface area contributed by atoms with E-state index in [1.54, 1.807) is 18.9 Å². The topological polar surface area (TPSA) is 65.4 Å². The van der Waals surface area contributed by atoms with E-state index in [1.165, 1.54) is 0 Å². The predicted molar refractivity (Wildman–Crippen MR) is 98.4 cm³/mol. The second-order valence-corrected chi connectivity index (χ2v) is 7.03. The molecule has 136 valence electrons. The first-order chi connectivity index (χ1) is 11.7. The Morgan fingerprint density at radius 2 is 1.84 bits per heavy atom. The molecule has 0 saturated heterocycles. The maximum absolute atomic E-state index is 12.3. The van der Waals surface area contributed by atoms with Crippen LogP contribution in [0.2, 0.25) is 0 Å². The van der Waals surface area contributed by atoms with Crippen molar-refractivity contribution in [3.63, 3.8) is 0 Å². The molecule has 0 unspecified atom stereocenters. The molecule has 1 aromatic heterocycles. The Bertz CT molecular complexity index is 745. The molecule has 1 aromatic carbocycles. The highest BCUT2D eigenvalue weighted by Crippen LogP contribution is 2.28. The van der Waals surface area contributed by atoms with Crippen LogP contribution < -0.4 is 14.8 Å². The lowest BCUT2D eigenvalue weighted by Gasteiger charge is -2.13. The van der Waals surface area contributed by atoms with Crippen molar-refractivity contribution in [3.05, 3.63) is 35.5 Å². The summed E-state index contributed by atoms with van der Waals surface area (Å²) >= 11 is 0. The number of aromatic nitrogens is 2. The fourth-order valence-electron chi connectivity index (χ4n) is 2.45. The van der Waals surface area contributed by atoms with E-state index in [4.69, 9.17) is 9.47 Å². The van der Waals surface area contributed by atoms with Crippen LogP contribution in [0.15, 0.2) is 24.3 Å². The van der Waals surface area contributed by atoms with Crippen LogP contribution in [0.25, 0.3) is 0 Å². The summed E-state index contributed by atoms with van der Waals surface area (Å²) in [5.41, 5.74) is 1.92. The summed E-state index contributed by atoms with van der Waals surface area (Å²) in [4.78, 5) is 12.3. The molecule has 0 aliphatic heterocycles. The van der Waals surface area contributed by atoms with Crippen LogP contribution in [-0.2, 0) is 23.7 Å². The van der Waals surface area contributed by atoms with Crippen LogP contribution in [0, 0.1) is 0 Å². The molecule has 0 fully saturated rings. The van der Waals surface area contributed by atoms with E-state index in [9.17, 15) is 4.79 Å². The number of aryl methyl sites for hydroxylation is 2. The fraction of sp³-hybridized carbons (Fsp3) is 0.474. The van der Waals surface area contributed by atoms with Crippen LogP contribution in [0.4, 0.5) is 5.82 Å². The third-order valence-corrected chi connectivity index (χ3v) is 4.00. The maximum Gasteiger partial charge on any atom is 0.225 e. The van der Waals surface area contributed by atoms with Crippen molar-refractivity contribution < 1.29 is 14.3 Å². The largest absolute Gasteiger partial charge is 0.493 e. The summed E-state index contributed by atoms with van der Waals surface area (Å²) in [6.45, 7) is 6.29. The molecule has 25 heavy (non-hydrogen) atoms. The van der Waals surface area contributed by atoms with Crippen molar-refractivity contribution in [3.8, 4) is 11.5 Å². The second-order valence-electron chi connectivity index (χ2n) is 7.03. The van der Waals surface area contributed by atoms with Crippen molar-refractivity contribution in [1.29, 1.82) is 0 Å². The minimum Gasteiger partial charge on any atom is -0.493 e. The van der Waals surface area contributed by atoms with Gasteiger partial charge in [0, 0.05) is 24.9 Å². The number of carbonyl (C=O) groups excluding carboxylic acids is 1. The lowest BCUT2D eigenvalue weighted by Crippen LogP contribution is -2.14. The molecule has 0 radical (unpaired) electrons. The summed E-state index contributed by atoms with van der Waals surface area (Å²) < 4.78 is 12.2.